The number of aromatic amines is 1. The van der Waals surface area contributed by atoms with Crippen molar-refractivity contribution in [3.63, 3.8) is 0 Å². The van der Waals surface area contributed by atoms with Gasteiger partial charge in [0, 0.05) is 24.2 Å². The molecule has 2 heterocycles. The molecule has 0 atom stereocenters. The summed E-state index contributed by atoms with van der Waals surface area (Å²) in [6.45, 7) is 2.40. The minimum Gasteiger partial charge on any atom is -0.305 e. The molecule has 0 unspecified atom stereocenters. The molecular formula is C10H10F3N3O. The van der Waals surface area contributed by atoms with Crippen molar-refractivity contribution in [3.05, 3.63) is 28.2 Å². The van der Waals surface area contributed by atoms with Crippen molar-refractivity contribution in [3.8, 4) is 0 Å². The van der Waals surface area contributed by atoms with Gasteiger partial charge in [0.2, 0.25) is 5.56 Å². The van der Waals surface area contributed by atoms with E-state index in [4.69, 9.17) is 0 Å². The molecule has 7 heteroatoms. The summed E-state index contributed by atoms with van der Waals surface area (Å²) in [5.41, 5.74) is -1.77. The lowest BCUT2D eigenvalue weighted by Gasteiger charge is -2.05. The number of hydrogen-bond donors (Lipinski definition) is 1. The zero-order valence-electron chi connectivity index (χ0n) is 9.01. The summed E-state index contributed by atoms with van der Waals surface area (Å²) in [6, 6.07) is 0.556. The van der Waals surface area contributed by atoms with Gasteiger partial charge in [-0.1, -0.05) is 6.92 Å². The molecule has 0 saturated heterocycles. The minimum absolute atomic E-state index is 0.0294. The zero-order valence-corrected chi connectivity index (χ0v) is 9.01. The fourth-order valence-corrected chi connectivity index (χ4v) is 1.65. The highest BCUT2D eigenvalue weighted by Crippen LogP contribution is 2.32. The van der Waals surface area contributed by atoms with Crippen LogP contribution in [0, 0.1) is 0 Å². The summed E-state index contributed by atoms with van der Waals surface area (Å²) in [7, 11) is 0. The number of rotatable bonds is 2. The van der Waals surface area contributed by atoms with Crippen LogP contribution in [-0.2, 0) is 12.7 Å². The van der Waals surface area contributed by atoms with Crippen molar-refractivity contribution < 1.29 is 13.2 Å². The third-order valence-electron chi connectivity index (χ3n) is 2.33. The highest BCUT2D eigenvalue weighted by molar-refractivity contribution is 5.78. The second-order valence-electron chi connectivity index (χ2n) is 3.70. The van der Waals surface area contributed by atoms with Crippen LogP contribution in [0.1, 0.15) is 18.9 Å². The van der Waals surface area contributed by atoms with Crippen LogP contribution in [0.4, 0.5) is 13.2 Å². The smallest absolute Gasteiger partial charge is 0.305 e. The molecule has 92 valence electrons. The Labute approximate surface area is 94.1 Å². The fourth-order valence-electron chi connectivity index (χ4n) is 1.65. The van der Waals surface area contributed by atoms with E-state index in [1.54, 1.807) is 0 Å². The Kier molecular flexibility index (Phi) is 2.68. The maximum Gasteiger partial charge on any atom is 0.417 e. The molecule has 0 aliphatic carbocycles. The van der Waals surface area contributed by atoms with E-state index in [1.165, 1.54) is 10.9 Å². The Morgan fingerprint density at radius 2 is 2.18 bits per heavy atom. The summed E-state index contributed by atoms with van der Waals surface area (Å²) < 4.78 is 39.5. The molecular weight excluding hydrogens is 235 g/mol. The van der Waals surface area contributed by atoms with Gasteiger partial charge in [-0.2, -0.15) is 18.3 Å². The normalized spacial score (nSPS) is 12.2. The summed E-state index contributed by atoms with van der Waals surface area (Å²) >= 11 is 0. The highest BCUT2D eigenvalue weighted by Gasteiger charge is 2.34. The largest absolute Gasteiger partial charge is 0.417 e. The van der Waals surface area contributed by atoms with E-state index in [1.807, 2.05) is 6.92 Å². The standard InChI is InChI=1S/C10H10F3N3O/c1-2-3-16-5-6-7(10(11,12)13)4-8(17)14-9(6)15-16/h4-5H,2-3H2,1H3,(H,14,15,17). The molecule has 0 amide bonds. The first-order chi connectivity index (χ1) is 7.91. The summed E-state index contributed by atoms with van der Waals surface area (Å²) in [5, 5.41) is 3.82. The van der Waals surface area contributed by atoms with Gasteiger partial charge in [0.1, 0.15) is 0 Å². The van der Waals surface area contributed by atoms with Gasteiger partial charge in [0.05, 0.1) is 5.56 Å². The number of pyridine rings is 1. The molecule has 0 fully saturated rings. The molecule has 4 nitrogen and oxygen atoms in total. The van der Waals surface area contributed by atoms with Crippen LogP contribution in [0.25, 0.3) is 11.0 Å². The van der Waals surface area contributed by atoms with E-state index < -0.39 is 17.3 Å². The second-order valence-corrected chi connectivity index (χ2v) is 3.70. The molecule has 0 aliphatic rings. The van der Waals surface area contributed by atoms with Gasteiger partial charge in [-0.25, -0.2) is 0 Å². The molecule has 0 aromatic carbocycles. The van der Waals surface area contributed by atoms with Gasteiger partial charge in [-0.3, -0.25) is 9.48 Å². The quantitative estimate of drug-likeness (QED) is 0.881. The average Bonchev–Trinajstić information content (AvgIpc) is 2.57. The van der Waals surface area contributed by atoms with Crippen LogP contribution in [0.2, 0.25) is 0 Å². The average molecular weight is 245 g/mol. The molecule has 2 aromatic heterocycles. The number of hydrogen-bond acceptors (Lipinski definition) is 2. The van der Waals surface area contributed by atoms with Crippen molar-refractivity contribution in [1.82, 2.24) is 14.8 Å². The Bertz CT molecular complexity index is 597. The van der Waals surface area contributed by atoms with Crippen LogP contribution in [-0.4, -0.2) is 14.8 Å². The van der Waals surface area contributed by atoms with Crippen LogP contribution >= 0.6 is 0 Å². The van der Waals surface area contributed by atoms with Crippen molar-refractivity contribution in [2.75, 3.05) is 0 Å². The van der Waals surface area contributed by atoms with Gasteiger partial charge in [-0.05, 0) is 6.42 Å². The summed E-state index contributed by atoms with van der Waals surface area (Å²) in [5.74, 6) is 0. The molecule has 2 rings (SSSR count). The van der Waals surface area contributed by atoms with Crippen LogP contribution in [0.15, 0.2) is 17.1 Å². The number of nitrogens with one attached hydrogen (secondary N) is 1. The predicted octanol–water partition coefficient (Wildman–Crippen LogP) is 2.15. The molecule has 0 radical (unpaired) electrons. The first-order valence-corrected chi connectivity index (χ1v) is 5.09. The third kappa shape index (κ3) is 2.17. The van der Waals surface area contributed by atoms with E-state index in [0.717, 1.165) is 6.42 Å². The van der Waals surface area contributed by atoms with E-state index in [-0.39, 0.29) is 11.0 Å². The molecule has 17 heavy (non-hydrogen) atoms. The Hall–Kier alpha value is -1.79. The van der Waals surface area contributed by atoms with Gasteiger partial charge in [-0.15, -0.1) is 0 Å². The lowest BCUT2D eigenvalue weighted by atomic mass is 10.2. The Morgan fingerprint density at radius 1 is 1.47 bits per heavy atom. The van der Waals surface area contributed by atoms with Gasteiger partial charge >= 0.3 is 6.18 Å². The number of aromatic nitrogens is 3. The number of H-pyrrole nitrogens is 1. The monoisotopic (exact) mass is 245 g/mol. The van der Waals surface area contributed by atoms with Crippen molar-refractivity contribution in [2.45, 2.75) is 26.1 Å². The maximum absolute atomic E-state index is 12.7. The first-order valence-electron chi connectivity index (χ1n) is 5.09. The van der Waals surface area contributed by atoms with Gasteiger partial charge < -0.3 is 4.98 Å². The van der Waals surface area contributed by atoms with Crippen LogP contribution in [0.3, 0.4) is 0 Å². The van der Waals surface area contributed by atoms with Gasteiger partial charge in [0.25, 0.3) is 0 Å². The topological polar surface area (TPSA) is 50.7 Å². The van der Waals surface area contributed by atoms with Crippen molar-refractivity contribution in [1.29, 1.82) is 0 Å². The second kappa shape index (κ2) is 3.90. The van der Waals surface area contributed by atoms with E-state index in [0.29, 0.717) is 12.6 Å². The van der Waals surface area contributed by atoms with E-state index in [9.17, 15) is 18.0 Å². The SMILES string of the molecule is CCCn1cc2c(C(F)(F)F)cc(=O)[nH]c2n1. The summed E-state index contributed by atoms with van der Waals surface area (Å²) in [4.78, 5) is 13.4. The maximum atomic E-state index is 12.7. The molecule has 0 saturated carbocycles. The van der Waals surface area contributed by atoms with Crippen LogP contribution < -0.4 is 5.56 Å². The lowest BCUT2D eigenvalue weighted by Crippen LogP contribution is -2.13. The lowest BCUT2D eigenvalue weighted by molar-refractivity contribution is -0.136. The van der Waals surface area contributed by atoms with E-state index in [2.05, 4.69) is 10.1 Å². The molecule has 0 aliphatic heterocycles. The molecule has 1 N–H and O–H groups in total. The van der Waals surface area contributed by atoms with Crippen molar-refractivity contribution >= 4 is 11.0 Å². The third-order valence-corrected chi connectivity index (χ3v) is 2.33. The zero-order chi connectivity index (χ0) is 12.6. The van der Waals surface area contributed by atoms with Gasteiger partial charge in [0.15, 0.2) is 5.65 Å². The minimum atomic E-state index is -4.55. The number of aryl methyl sites for hydroxylation is 1. The first kappa shape index (κ1) is 11.7. The molecule has 0 spiro atoms. The fraction of sp³-hybridized carbons (Fsp3) is 0.400. The van der Waals surface area contributed by atoms with Crippen LogP contribution in [0.5, 0.6) is 0 Å². The Morgan fingerprint density at radius 3 is 2.76 bits per heavy atom. The molecule has 0 bridgehead atoms. The molecule has 2 aromatic rings. The Balaban J connectivity index is 2.70. The van der Waals surface area contributed by atoms with E-state index >= 15 is 0 Å². The predicted molar refractivity (Wildman–Crippen MR) is 55.6 cm³/mol. The van der Waals surface area contributed by atoms with Crippen molar-refractivity contribution in [2.24, 2.45) is 0 Å². The number of alkyl halides is 3. The number of fused-ring (bicyclic) bond motifs is 1. The summed E-state index contributed by atoms with van der Waals surface area (Å²) in [6.07, 6.45) is -2.50. The number of halogens is 3. The highest BCUT2D eigenvalue weighted by atomic mass is 19.4. The number of nitrogens with zero attached hydrogens (tertiary/aromatic N) is 2.